The predicted molar refractivity (Wildman–Crippen MR) is 54.3 cm³/mol. The molecule has 0 aromatic carbocycles. The van der Waals surface area contributed by atoms with E-state index in [1.165, 1.54) is 0 Å². The largest absolute Gasteiger partial charge is 0.399 e. The molecule has 0 bridgehead atoms. The van der Waals surface area contributed by atoms with Crippen LogP contribution in [-0.2, 0) is 18.8 Å². The van der Waals surface area contributed by atoms with Crippen LogP contribution < -0.4 is 0 Å². The maximum absolute atomic E-state index is 10.8. The Bertz CT molecular complexity index is 236. The third-order valence-corrected chi connectivity index (χ3v) is 2.93. The SMILES string of the molecule is CCN(CC)C(C)COS(=O)(=O)OC. The minimum atomic E-state index is -3.79. The topological polar surface area (TPSA) is 55.8 Å². The molecule has 6 heteroatoms. The molecule has 0 spiro atoms. The first-order valence-electron chi connectivity index (χ1n) is 4.65. The van der Waals surface area contributed by atoms with Gasteiger partial charge in [-0.2, -0.15) is 8.42 Å². The highest BCUT2D eigenvalue weighted by molar-refractivity contribution is 7.81. The Morgan fingerprint density at radius 3 is 2.14 bits per heavy atom. The molecular weight excluding hydrogens is 206 g/mol. The summed E-state index contributed by atoms with van der Waals surface area (Å²) in [6.45, 7) is 7.81. The Morgan fingerprint density at radius 1 is 1.29 bits per heavy atom. The summed E-state index contributed by atoms with van der Waals surface area (Å²) in [4.78, 5) is 2.10. The van der Waals surface area contributed by atoms with Crippen LogP contribution >= 0.6 is 0 Å². The van der Waals surface area contributed by atoms with Crippen molar-refractivity contribution in [3.63, 3.8) is 0 Å². The van der Waals surface area contributed by atoms with Crippen LogP contribution in [0.3, 0.4) is 0 Å². The van der Waals surface area contributed by atoms with Crippen molar-refractivity contribution in [2.24, 2.45) is 0 Å². The fraction of sp³-hybridized carbons (Fsp3) is 1.00. The third-order valence-electron chi connectivity index (χ3n) is 2.09. The van der Waals surface area contributed by atoms with Crippen molar-refractivity contribution in [3.8, 4) is 0 Å². The summed E-state index contributed by atoms with van der Waals surface area (Å²) in [6.07, 6.45) is 0. The zero-order chi connectivity index (χ0) is 11.2. The number of rotatable bonds is 7. The Hall–Kier alpha value is -0.170. The summed E-state index contributed by atoms with van der Waals surface area (Å²) in [5.41, 5.74) is 0. The molecule has 0 N–H and O–H groups in total. The van der Waals surface area contributed by atoms with Crippen LogP contribution in [0.4, 0.5) is 0 Å². The number of hydrogen-bond acceptors (Lipinski definition) is 5. The van der Waals surface area contributed by atoms with Gasteiger partial charge in [0.25, 0.3) is 0 Å². The molecule has 0 heterocycles. The molecule has 1 unspecified atom stereocenters. The van der Waals surface area contributed by atoms with E-state index < -0.39 is 10.4 Å². The van der Waals surface area contributed by atoms with E-state index in [-0.39, 0.29) is 12.6 Å². The zero-order valence-corrected chi connectivity index (χ0v) is 10.0. The van der Waals surface area contributed by atoms with Crippen LogP contribution in [0, 0.1) is 0 Å². The molecule has 0 radical (unpaired) electrons. The minimum Gasteiger partial charge on any atom is -0.299 e. The number of likely N-dealkylation sites (N-methyl/N-ethyl adjacent to an activating group) is 1. The molecule has 86 valence electrons. The predicted octanol–water partition coefficient (Wildman–Crippen LogP) is 0.625. The third kappa shape index (κ3) is 4.90. The molecule has 0 aromatic rings. The van der Waals surface area contributed by atoms with E-state index in [4.69, 9.17) is 0 Å². The normalized spacial score (nSPS) is 14.6. The molecule has 0 saturated carbocycles. The second kappa shape index (κ2) is 6.34. The second-order valence-electron chi connectivity index (χ2n) is 2.93. The highest BCUT2D eigenvalue weighted by Crippen LogP contribution is 2.02. The van der Waals surface area contributed by atoms with E-state index >= 15 is 0 Å². The van der Waals surface area contributed by atoms with Gasteiger partial charge in [-0.25, -0.2) is 4.18 Å². The summed E-state index contributed by atoms with van der Waals surface area (Å²) in [6, 6.07) is 0.0647. The Morgan fingerprint density at radius 2 is 1.79 bits per heavy atom. The van der Waals surface area contributed by atoms with Crippen molar-refractivity contribution in [2.45, 2.75) is 26.8 Å². The van der Waals surface area contributed by atoms with Gasteiger partial charge in [-0.1, -0.05) is 13.8 Å². The Kier molecular flexibility index (Phi) is 6.26. The van der Waals surface area contributed by atoms with Crippen LogP contribution in [-0.4, -0.2) is 46.2 Å². The monoisotopic (exact) mass is 225 g/mol. The average molecular weight is 225 g/mol. The van der Waals surface area contributed by atoms with Crippen LogP contribution in [0.15, 0.2) is 0 Å². The van der Waals surface area contributed by atoms with Gasteiger partial charge in [-0.15, -0.1) is 0 Å². The van der Waals surface area contributed by atoms with Crippen molar-refractivity contribution in [1.29, 1.82) is 0 Å². The fourth-order valence-corrected chi connectivity index (χ4v) is 1.64. The molecular formula is C8H19NO4S. The molecule has 0 amide bonds. The Labute approximate surface area is 86.3 Å². The zero-order valence-electron chi connectivity index (χ0n) is 9.19. The molecule has 0 aliphatic rings. The smallest absolute Gasteiger partial charge is 0.299 e. The average Bonchev–Trinajstić information content (AvgIpc) is 2.17. The van der Waals surface area contributed by atoms with Crippen molar-refractivity contribution in [3.05, 3.63) is 0 Å². The van der Waals surface area contributed by atoms with Gasteiger partial charge < -0.3 is 0 Å². The first kappa shape index (κ1) is 13.8. The lowest BCUT2D eigenvalue weighted by atomic mass is 10.3. The van der Waals surface area contributed by atoms with Gasteiger partial charge in [0.1, 0.15) is 0 Å². The molecule has 0 aromatic heterocycles. The second-order valence-corrected chi connectivity index (χ2v) is 4.32. The first-order valence-corrected chi connectivity index (χ1v) is 5.99. The van der Waals surface area contributed by atoms with Crippen LogP contribution in [0.1, 0.15) is 20.8 Å². The number of hydrogen-bond donors (Lipinski definition) is 0. The van der Waals surface area contributed by atoms with Gasteiger partial charge in [0.2, 0.25) is 0 Å². The van der Waals surface area contributed by atoms with Crippen LogP contribution in [0.2, 0.25) is 0 Å². The standard InChI is InChI=1S/C8H19NO4S/c1-5-9(6-2)8(3)7-13-14(10,11)12-4/h8H,5-7H2,1-4H3. The van der Waals surface area contributed by atoms with E-state index in [2.05, 4.69) is 13.3 Å². The molecule has 0 aliphatic carbocycles. The molecule has 0 aliphatic heterocycles. The lowest BCUT2D eigenvalue weighted by molar-refractivity contribution is 0.146. The molecule has 14 heavy (non-hydrogen) atoms. The van der Waals surface area contributed by atoms with Crippen LogP contribution in [0.5, 0.6) is 0 Å². The summed E-state index contributed by atoms with van der Waals surface area (Å²) in [5.74, 6) is 0. The van der Waals surface area contributed by atoms with Gasteiger partial charge in [0.15, 0.2) is 0 Å². The maximum atomic E-state index is 10.8. The van der Waals surface area contributed by atoms with Crippen molar-refractivity contribution >= 4 is 10.4 Å². The van der Waals surface area contributed by atoms with Crippen molar-refractivity contribution in [1.82, 2.24) is 4.90 Å². The lowest BCUT2D eigenvalue weighted by Crippen LogP contribution is -2.36. The molecule has 0 rings (SSSR count). The maximum Gasteiger partial charge on any atom is 0.399 e. The van der Waals surface area contributed by atoms with Gasteiger partial charge in [0, 0.05) is 6.04 Å². The molecule has 5 nitrogen and oxygen atoms in total. The minimum absolute atomic E-state index is 0.0647. The summed E-state index contributed by atoms with van der Waals surface area (Å²) in [5, 5.41) is 0. The Balaban J connectivity index is 4.01. The van der Waals surface area contributed by atoms with E-state index in [0.29, 0.717) is 0 Å². The van der Waals surface area contributed by atoms with Gasteiger partial charge >= 0.3 is 10.4 Å². The summed E-state index contributed by atoms with van der Waals surface area (Å²) < 4.78 is 30.5. The van der Waals surface area contributed by atoms with E-state index in [1.54, 1.807) is 0 Å². The van der Waals surface area contributed by atoms with Crippen molar-refractivity contribution < 1.29 is 16.8 Å². The van der Waals surface area contributed by atoms with Gasteiger partial charge in [0.05, 0.1) is 13.7 Å². The summed E-state index contributed by atoms with van der Waals surface area (Å²) >= 11 is 0. The molecule has 0 fully saturated rings. The first-order chi connectivity index (χ1) is 6.46. The van der Waals surface area contributed by atoms with Gasteiger partial charge in [-0.05, 0) is 20.0 Å². The highest BCUT2D eigenvalue weighted by atomic mass is 32.3. The molecule has 1 atom stereocenters. The fourth-order valence-electron chi connectivity index (χ4n) is 1.18. The van der Waals surface area contributed by atoms with E-state index in [0.717, 1.165) is 20.2 Å². The quantitative estimate of drug-likeness (QED) is 0.636. The van der Waals surface area contributed by atoms with E-state index in [9.17, 15) is 8.42 Å². The van der Waals surface area contributed by atoms with Gasteiger partial charge in [-0.3, -0.25) is 9.08 Å². The molecule has 0 saturated heterocycles. The lowest BCUT2D eigenvalue weighted by Gasteiger charge is -2.25. The summed E-state index contributed by atoms with van der Waals surface area (Å²) in [7, 11) is -2.71. The highest BCUT2D eigenvalue weighted by Gasteiger charge is 2.15. The van der Waals surface area contributed by atoms with Crippen LogP contribution in [0.25, 0.3) is 0 Å². The van der Waals surface area contributed by atoms with Crippen molar-refractivity contribution in [2.75, 3.05) is 26.8 Å². The van der Waals surface area contributed by atoms with E-state index in [1.807, 2.05) is 20.8 Å². The number of nitrogens with zero attached hydrogens (tertiary/aromatic N) is 1.